The molecular weight excluding hydrogens is 532 g/mol. The molecule has 40 heavy (non-hydrogen) atoms. The number of aromatic nitrogens is 3. The van der Waals surface area contributed by atoms with Crippen LogP contribution in [0.4, 0.5) is 15.4 Å². The van der Waals surface area contributed by atoms with Gasteiger partial charge in [-0.25, -0.2) is 14.6 Å². The highest BCUT2D eigenvalue weighted by Gasteiger charge is 2.34. The molecule has 2 N–H and O–H groups in total. The van der Waals surface area contributed by atoms with Crippen molar-refractivity contribution in [2.45, 2.75) is 78.0 Å². The number of imide groups is 1. The van der Waals surface area contributed by atoms with Crippen molar-refractivity contribution < 1.29 is 19.1 Å². The fourth-order valence-electron chi connectivity index (χ4n) is 5.36. The number of hydrogen-bond donors (Lipinski definition) is 2. The monoisotopic (exact) mass is 570 g/mol. The predicted octanol–water partition coefficient (Wildman–Crippen LogP) is 6.22. The van der Waals surface area contributed by atoms with Crippen LogP contribution < -0.4 is 10.2 Å². The Morgan fingerprint density at radius 1 is 1.27 bits per heavy atom. The fraction of sp³-hybridized carbons (Fsp3) is 0.517. The first kappa shape index (κ1) is 29.5. The van der Waals surface area contributed by atoms with E-state index in [4.69, 9.17) is 21.3 Å². The van der Waals surface area contributed by atoms with E-state index in [-0.39, 0.29) is 18.5 Å². The Hall–Kier alpha value is -3.53. The number of alkyl carbamates (subject to hydrolysis) is 1. The van der Waals surface area contributed by atoms with Gasteiger partial charge in [0.25, 0.3) is 0 Å². The van der Waals surface area contributed by atoms with E-state index in [1.807, 2.05) is 57.5 Å². The number of amides is 4. The van der Waals surface area contributed by atoms with Crippen molar-refractivity contribution in [3.8, 4) is 0 Å². The van der Waals surface area contributed by atoms with Gasteiger partial charge in [0, 0.05) is 35.7 Å². The van der Waals surface area contributed by atoms with E-state index < -0.39 is 17.7 Å². The normalized spacial score (nSPS) is 15.1. The van der Waals surface area contributed by atoms with Crippen LogP contribution in [0.1, 0.15) is 76.1 Å². The molecule has 1 aliphatic rings. The van der Waals surface area contributed by atoms with Crippen molar-refractivity contribution in [3.63, 3.8) is 0 Å². The third-order valence-corrected chi connectivity index (χ3v) is 7.78. The molecular formula is C29H39ClN6O4. The van der Waals surface area contributed by atoms with Crippen LogP contribution in [0.25, 0.3) is 10.9 Å². The second-order valence-corrected chi connectivity index (χ2v) is 11.9. The van der Waals surface area contributed by atoms with Crippen molar-refractivity contribution in [2.75, 3.05) is 11.9 Å². The minimum absolute atomic E-state index is 0.0430. The lowest BCUT2D eigenvalue weighted by Crippen LogP contribution is -2.41. The number of imidazole rings is 1. The van der Waals surface area contributed by atoms with Crippen molar-refractivity contribution in [1.82, 2.24) is 24.8 Å². The van der Waals surface area contributed by atoms with E-state index in [1.165, 1.54) is 11.3 Å². The molecule has 1 unspecified atom stereocenters. The lowest BCUT2D eigenvalue weighted by molar-refractivity contribution is -0.116. The molecule has 0 aliphatic heterocycles. The molecule has 2 heterocycles. The van der Waals surface area contributed by atoms with Gasteiger partial charge >= 0.3 is 12.1 Å². The molecule has 11 heteroatoms. The van der Waals surface area contributed by atoms with Crippen molar-refractivity contribution >= 4 is 46.9 Å². The van der Waals surface area contributed by atoms with Gasteiger partial charge in [-0.3, -0.25) is 14.6 Å². The van der Waals surface area contributed by atoms with Gasteiger partial charge in [0.2, 0.25) is 6.41 Å². The highest BCUT2D eigenvalue weighted by Crippen LogP contribution is 2.36. The zero-order chi connectivity index (χ0) is 29.2. The Kier molecular flexibility index (Phi) is 8.77. The Morgan fingerprint density at radius 3 is 2.60 bits per heavy atom. The molecule has 1 fully saturated rings. The maximum absolute atomic E-state index is 13.5. The number of benzene rings is 1. The number of carbonyl (C=O) groups is 3. The largest absolute Gasteiger partial charge is 0.444 e. The zero-order valence-corrected chi connectivity index (χ0v) is 24.8. The molecule has 1 atom stereocenters. The molecule has 4 amide bonds. The van der Waals surface area contributed by atoms with Crippen LogP contribution >= 0.6 is 11.6 Å². The highest BCUT2D eigenvalue weighted by atomic mass is 35.5. The lowest BCUT2D eigenvalue weighted by Gasteiger charge is -2.31. The zero-order valence-electron chi connectivity index (χ0n) is 24.1. The summed E-state index contributed by atoms with van der Waals surface area (Å²) < 4.78 is 7.47. The Morgan fingerprint density at radius 2 is 1.98 bits per heavy atom. The van der Waals surface area contributed by atoms with Gasteiger partial charge < -0.3 is 19.6 Å². The quantitative estimate of drug-likeness (QED) is 0.327. The average molecular weight is 571 g/mol. The van der Waals surface area contributed by atoms with Gasteiger partial charge in [-0.1, -0.05) is 36.9 Å². The third-order valence-electron chi connectivity index (χ3n) is 7.45. The molecule has 10 nitrogen and oxygen atoms in total. The maximum atomic E-state index is 13.5. The van der Waals surface area contributed by atoms with Gasteiger partial charge in [0.1, 0.15) is 11.4 Å². The van der Waals surface area contributed by atoms with Crippen LogP contribution in [-0.2, 0) is 23.1 Å². The van der Waals surface area contributed by atoms with Crippen LogP contribution in [-0.4, -0.2) is 50.6 Å². The summed E-state index contributed by atoms with van der Waals surface area (Å²) >= 11 is 6.29. The van der Waals surface area contributed by atoms with Crippen LogP contribution in [0.3, 0.4) is 0 Å². The van der Waals surface area contributed by atoms with Crippen LogP contribution in [0.5, 0.6) is 0 Å². The Balaban J connectivity index is 1.59. The third kappa shape index (κ3) is 6.43. The van der Waals surface area contributed by atoms with Gasteiger partial charge in [-0.2, -0.15) is 0 Å². The van der Waals surface area contributed by atoms with E-state index >= 15 is 0 Å². The number of ether oxygens (including phenoxy) is 1. The molecule has 0 radical (unpaired) electrons. The van der Waals surface area contributed by atoms with Crippen LogP contribution in [0, 0.1) is 12.8 Å². The SMILES string of the molecule is Cc1c(N(C)C(=O)N(C=O)Cc2cc3c(Cl)cccc3[nH]2)nc(C(NC(=O)OC(C)(C)C)C2CCCCC2)n1C. The number of halogens is 1. The molecule has 216 valence electrons. The molecule has 1 aliphatic carbocycles. The molecule has 3 aromatic rings. The first-order valence-corrected chi connectivity index (χ1v) is 14.1. The number of nitrogens with zero attached hydrogens (tertiary/aromatic N) is 4. The van der Waals surface area contributed by atoms with E-state index in [0.717, 1.165) is 47.2 Å². The molecule has 0 bridgehead atoms. The van der Waals surface area contributed by atoms with E-state index in [1.54, 1.807) is 13.1 Å². The Bertz CT molecular complexity index is 1390. The molecule has 2 aromatic heterocycles. The summed E-state index contributed by atoms with van der Waals surface area (Å²) in [7, 11) is 3.47. The van der Waals surface area contributed by atoms with Crippen LogP contribution in [0.15, 0.2) is 24.3 Å². The Labute approximate surface area is 240 Å². The summed E-state index contributed by atoms with van der Waals surface area (Å²) in [6, 6.07) is 6.44. The number of carbonyl (C=O) groups excluding carboxylic acids is 3. The summed E-state index contributed by atoms with van der Waals surface area (Å²) in [4.78, 5) is 48.9. The fourth-order valence-corrected chi connectivity index (χ4v) is 5.58. The summed E-state index contributed by atoms with van der Waals surface area (Å²) in [6.07, 6.45) is 5.27. The van der Waals surface area contributed by atoms with Gasteiger partial charge in [-0.15, -0.1) is 0 Å². The van der Waals surface area contributed by atoms with Crippen molar-refractivity contribution in [2.24, 2.45) is 13.0 Å². The number of fused-ring (bicyclic) bond motifs is 1. The second-order valence-electron chi connectivity index (χ2n) is 11.5. The summed E-state index contributed by atoms with van der Waals surface area (Å²) in [6.45, 7) is 7.40. The molecule has 0 spiro atoms. The van der Waals surface area contributed by atoms with Gasteiger partial charge in [0.05, 0.1) is 18.3 Å². The van der Waals surface area contributed by atoms with Gasteiger partial charge in [0.15, 0.2) is 5.82 Å². The first-order valence-electron chi connectivity index (χ1n) is 13.7. The summed E-state index contributed by atoms with van der Waals surface area (Å²) in [5.74, 6) is 1.25. The van der Waals surface area contributed by atoms with Crippen molar-refractivity contribution in [3.05, 3.63) is 46.5 Å². The number of anilines is 1. The minimum Gasteiger partial charge on any atom is -0.444 e. The number of urea groups is 1. The molecule has 1 aromatic carbocycles. The van der Waals surface area contributed by atoms with E-state index in [9.17, 15) is 14.4 Å². The lowest BCUT2D eigenvalue weighted by atomic mass is 9.83. The summed E-state index contributed by atoms with van der Waals surface area (Å²) in [5.41, 5.74) is 1.60. The standard InChI is InChI=1S/C29H39ClN6O4/c1-18-25(35(6)28(39)36(17-37)16-20-15-21-22(30)13-10-14-23(21)31-20)33-26(34(18)5)24(19-11-8-7-9-12-19)32-27(38)40-29(2,3)4/h10,13-15,17,19,24,31H,7-9,11-12,16H2,1-6H3,(H,32,38). The van der Waals surface area contributed by atoms with Crippen LogP contribution in [0.2, 0.25) is 5.02 Å². The first-order chi connectivity index (χ1) is 18.9. The maximum Gasteiger partial charge on any atom is 0.408 e. The number of nitrogens with one attached hydrogen (secondary N) is 2. The van der Waals surface area contributed by atoms with E-state index in [2.05, 4.69) is 10.3 Å². The number of H-pyrrole nitrogens is 1. The smallest absolute Gasteiger partial charge is 0.408 e. The minimum atomic E-state index is -0.634. The number of hydrogen-bond acceptors (Lipinski definition) is 5. The molecule has 0 saturated heterocycles. The average Bonchev–Trinajstić information content (AvgIpc) is 3.46. The highest BCUT2D eigenvalue weighted by molar-refractivity contribution is 6.35. The number of aromatic amines is 1. The second kappa shape index (κ2) is 11.9. The molecule has 4 rings (SSSR count). The molecule has 1 saturated carbocycles. The van der Waals surface area contributed by atoms with Crippen molar-refractivity contribution in [1.29, 1.82) is 0 Å². The van der Waals surface area contributed by atoms with E-state index in [0.29, 0.717) is 28.8 Å². The number of rotatable bonds is 7. The summed E-state index contributed by atoms with van der Waals surface area (Å²) in [5, 5.41) is 4.47. The van der Waals surface area contributed by atoms with Gasteiger partial charge in [-0.05, 0) is 64.7 Å². The predicted molar refractivity (Wildman–Crippen MR) is 155 cm³/mol. The topological polar surface area (TPSA) is 113 Å².